The van der Waals surface area contributed by atoms with Crippen molar-refractivity contribution >= 4 is 27.8 Å². The van der Waals surface area contributed by atoms with E-state index in [0.29, 0.717) is 5.56 Å². The Hall–Kier alpha value is -1.68. The molecule has 0 atom stereocenters. The zero-order valence-corrected chi connectivity index (χ0v) is 10.5. The lowest BCUT2D eigenvalue weighted by atomic mass is 10.2. The predicted octanol–water partition coefficient (Wildman–Crippen LogP) is 4.03. The van der Waals surface area contributed by atoms with E-state index < -0.39 is 0 Å². The van der Waals surface area contributed by atoms with E-state index >= 15 is 0 Å². The maximum Gasteiger partial charge on any atom is 0.132 e. The Morgan fingerprint density at radius 3 is 2.65 bits per heavy atom. The lowest BCUT2D eigenvalue weighted by Gasteiger charge is -2.00. The summed E-state index contributed by atoms with van der Waals surface area (Å²) in [6, 6.07) is 14.2. The molecule has 0 heterocycles. The van der Waals surface area contributed by atoms with Gasteiger partial charge in [0.2, 0.25) is 0 Å². The Morgan fingerprint density at radius 2 is 1.88 bits per heavy atom. The predicted molar refractivity (Wildman–Crippen MR) is 71.8 cm³/mol. The zero-order valence-electron chi connectivity index (χ0n) is 8.90. The number of nitrogens with zero attached hydrogens (tertiary/aromatic N) is 1. The van der Waals surface area contributed by atoms with E-state index in [1.54, 1.807) is 12.1 Å². The van der Waals surface area contributed by atoms with Crippen molar-refractivity contribution in [1.29, 1.82) is 0 Å². The van der Waals surface area contributed by atoms with Gasteiger partial charge in [-0.1, -0.05) is 34.1 Å². The summed E-state index contributed by atoms with van der Waals surface area (Å²) in [5.41, 5.74) is 4.12. The van der Waals surface area contributed by atoms with Crippen LogP contribution in [-0.2, 0) is 0 Å². The molecular weight excluding hydrogens is 283 g/mol. The summed E-state index contributed by atoms with van der Waals surface area (Å²) in [7, 11) is 0. The number of hydrazone groups is 1. The number of hydrogen-bond donors (Lipinski definition) is 1. The minimum atomic E-state index is -0.299. The molecular formula is C13H10BrFN2. The Balaban J connectivity index is 2.08. The van der Waals surface area contributed by atoms with Crippen molar-refractivity contribution in [3.05, 3.63) is 64.4 Å². The van der Waals surface area contributed by atoms with Crippen molar-refractivity contribution in [2.75, 3.05) is 5.43 Å². The standard InChI is InChI=1S/C13H10BrFN2/c14-11-6-7-13(15)10(8-11)9-16-17-12-4-2-1-3-5-12/h1-9,17H. The van der Waals surface area contributed by atoms with Crippen LogP contribution in [0.5, 0.6) is 0 Å². The molecule has 0 aliphatic heterocycles. The van der Waals surface area contributed by atoms with Gasteiger partial charge in [0, 0.05) is 10.0 Å². The number of halogens is 2. The largest absolute Gasteiger partial charge is 0.279 e. The van der Waals surface area contributed by atoms with E-state index in [4.69, 9.17) is 0 Å². The molecule has 0 fully saturated rings. The quantitative estimate of drug-likeness (QED) is 0.670. The van der Waals surface area contributed by atoms with Crippen molar-refractivity contribution in [2.24, 2.45) is 5.10 Å². The highest BCUT2D eigenvalue weighted by Gasteiger charge is 1.99. The minimum Gasteiger partial charge on any atom is -0.279 e. The first kappa shape index (κ1) is 11.8. The Bertz CT molecular complexity index is 526. The highest BCUT2D eigenvalue weighted by atomic mass is 79.9. The van der Waals surface area contributed by atoms with Gasteiger partial charge in [-0.3, -0.25) is 5.43 Å². The zero-order chi connectivity index (χ0) is 12.1. The minimum absolute atomic E-state index is 0.299. The van der Waals surface area contributed by atoms with Crippen LogP contribution in [-0.4, -0.2) is 6.21 Å². The van der Waals surface area contributed by atoms with Crippen molar-refractivity contribution in [2.45, 2.75) is 0 Å². The fourth-order valence-corrected chi connectivity index (χ4v) is 1.68. The third-order valence-electron chi connectivity index (χ3n) is 2.13. The number of hydrogen-bond acceptors (Lipinski definition) is 2. The fraction of sp³-hybridized carbons (Fsp3) is 0. The Kier molecular flexibility index (Phi) is 3.88. The van der Waals surface area contributed by atoms with Gasteiger partial charge in [0.15, 0.2) is 0 Å². The summed E-state index contributed by atoms with van der Waals surface area (Å²) >= 11 is 3.28. The van der Waals surface area contributed by atoms with Gasteiger partial charge in [0.25, 0.3) is 0 Å². The molecule has 2 rings (SSSR count). The third kappa shape index (κ3) is 3.39. The van der Waals surface area contributed by atoms with Gasteiger partial charge < -0.3 is 0 Å². The summed E-state index contributed by atoms with van der Waals surface area (Å²) < 4.78 is 14.2. The molecule has 0 unspecified atom stereocenters. The van der Waals surface area contributed by atoms with E-state index in [1.165, 1.54) is 12.3 Å². The maximum absolute atomic E-state index is 13.4. The summed E-state index contributed by atoms with van der Waals surface area (Å²) in [6.45, 7) is 0. The molecule has 0 aliphatic carbocycles. The van der Waals surface area contributed by atoms with E-state index in [9.17, 15) is 4.39 Å². The molecule has 2 aromatic carbocycles. The summed E-state index contributed by atoms with van der Waals surface area (Å²) in [5, 5.41) is 3.98. The third-order valence-corrected chi connectivity index (χ3v) is 2.62. The first-order valence-electron chi connectivity index (χ1n) is 5.05. The van der Waals surface area contributed by atoms with Gasteiger partial charge >= 0.3 is 0 Å². The molecule has 17 heavy (non-hydrogen) atoms. The molecule has 2 nitrogen and oxygen atoms in total. The Morgan fingerprint density at radius 1 is 1.12 bits per heavy atom. The topological polar surface area (TPSA) is 24.4 Å². The van der Waals surface area contributed by atoms with Crippen LogP contribution >= 0.6 is 15.9 Å². The molecule has 86 valence electrons. The molecule has 0 saturated heterocycles. The van der Waals surface area contributed by atoms with Crippen LogP contribution in [0.1, 0.15) is 5.56 Å². The highest BCUT2D eigenvalue weighted by molar-refractivity contribution is 9.10. The van der Waals surface area contributed by atoms with Crippen molar-refractivity contribution in [3.8, 4) is 0 Å². The van der Waals surface area contributed by atoms with Crippen LogP contribution < -0.4 is 5.43 Å². The molecule has 0 radical (unpaired) electrons. The number of anilines is 1. The summed E-state index contributed by atoms with van der Waals surface area (Å²) in [4.78, 5) is 0. The van der Waals surface area contributed by atoms with Gasteiger partial charge in [-0.2, -0.15) is 5.10 Å². The van der Waals surface area contributed by atoms with Gasteiger partial charge in [0.1, 0.15) is 5.82 Å². The average molecular weight is 293 g/mol. The van der Waals surface area contributed by atoms with Crippen molar-refractivity contribution < 1.29 is 4.39 Å². The van der Waals surface area contributed by atoms with Gasteiger partial charge in [0.05, 0.1) is 11.9 Å². The van der Waals surface area contributed by atoms with Gasteiger partial charge in [-0.15, -0.1) is 0 Å². The monoisotopic (exact) mass is 292 g/mol. The van der Waals surface area contributed by atoms with Gasteiger partial charge in [-0.25, -0.2) is 4.39 Å². The number of benzene rings is 2. The smallest absolute Gasteiger partial charge is 0.132 e. The Labute approximate surface area is 107 Å². The first-order chi connectivity index (χ1) is 8.25. The highest BCUT2D eigenvalue weighted by Crippen LogP contribution is 2.14. The van der Waals surface area contributed by atoms with Crippen molar-refractivity contribution in [3.63, 3.8) is 0 Å². The van der Waals surface area contributed by atoms with Gasteiger partial charge in [-0.05, 0) is 30.3 Å². The molecule has 0 spiro atoms. The van der Waals surface area contributed by atoms with E-state index in [0.717, 1.165) is 10.2 Å². The second-order valence-corrected chi connectivity index (χ2v) is 4.32. The molecule has 1 N–H and O–H groups in total. The molecule has 4 heteroatoms. The normalized spacial score (nSPS) is 10.7. The molecule has 0 bridgehead atoms. The second kappa shape index (κ2) is 5.59. The molecule has 0 aromatic heterocycles. The van der Waals surface area contributed by atoms with E-state index in [-0.39, 0.29) is 5.82 Å². The van der Waals surface area contributed by atoms with Crippen LogP contribution in [0, 0.1) is 5.82 Å². The van der Waals surface area contributed by atoms with Crippen LogP contribution in [0.25, 0.3) is 0 Å². The first-order valence-corrected chi connectivity index (χ1v) is 5.84. The SMILES string of the molecule is Fc1ccc(Br)cc1C=NNc1ccccc1. The lowest BCUT2D eigenvalue weighted by Crippen LogP contribution is -1.92. The van der Waals surface area contributed by atoms with Crippen LogP contribution in [0.2, 0.25) is 0 Å². The van der Waals surface area contributed by atoms with Crippen LogP contribution in [0.3, 0.4) is 0 Å². The van der Waals surface area contributed by atoms with Crippen molar-refractivity contribution in [1.82, 2.24) is 0 Å². The molecule has 0 aliphatic rings. The molecule has 0 amide bonds. The second-order valence-electron chi connectivity index (χ2n) is 3.40. The number of para-hydroxylation sites is 1. The molecule has 2 aromatic rings. The number of nitrogens with one attached hydrogen (secondary N) is 1. The van der Waals surface area contributed by atoms with E-state index in [1.807, 2.05) is 30.3 Å². The summed E-state index contributed by atoms with van der Waals surface area (Å²) in [6.07, 6.45) is 1.45. The maximum atomic E-state index is 13.4. The van der Waals surface area contributed by atoms with Crippen LogP contribution in [0.4, 0.5) is 10.1 Å². The van der Waals surface area contributed by atoms with E-state index in [2.05, 4.69) is 26.5 Å². The lowest BCUT2D eigenvalue weighted by molar-refractivity contribution is 0.625. The summed E-state index contributed by atoms with van der Waals surface area (Å²) in [5.74, 6) is -0.299. The molecule has 0 saturated carbocycles. The fourth-order valence-electron chi connectivity index (χ4n) is 1.30. The average Bonchev–Trinajstić information content (AvgIpc) is 2.35. The number of rotatable bonds is 3. The van der Waals surface area contributed by atoms with Crippen LogP contribution in [0.15, 0.2) is 58.1 Å².